The van der Waals surface area contributed by atoms with Crippen molar-refractivity contribution < 1.29 is 5.11 Å². The summed E-state index contributed by atoms with van der Waals surface area (Å²) in [6, 6.07) is 20.8. The van der Waals surface area contributed by atoms with E-state index in [4.69, 9.17) is 0 Å². The molecular formula is C22H20OSe. The average molecular weight is 379 g/mol. The quantitative estimate of drug-likeness (QED) is 0.632. The number of allylic oxidation sites excluding steroid dienone is 6. The maximum absolute atomic E-state index is 11.5. The van der Waals surface area contributed by atoms with Gasteiger partial charge in [-0.15, -0.1) is 0 Å². The van der Waals surface area contributed by atoms with Crippen molar-refractivity contribution in [2.75, 3.05) is 0 Å². The van der Waals surface area contributed by atoms with Gasteiger partial charge >= 0.3 is 149 Å². The number of hydrogen-bond acceptors (Lipinski definition) is 1. The van der Waals surface area contributed by atoms with Crippen LogP contribution < -0.4 is 4.46 Å². The maximum atomic E-state index is 11.5. The molecule has 1 nitrogen and oxygen atoms in total. The van der Waals surface area contributed by atoms with Gasteiger partial charge in [-0.3, -0.25) is 0 Å². The number of aliphatic hydroxyl groups excluding tert-OH is 1. The van der Waals surface area contributed by atoms with Gasteiger partial charge in [0, 0.05) is 0 Å². The summed E-state index contributed by atoms with van der Waals surface area (Å²) in [6.07, 6.45) is 12.8. The summed E-state index contributed by atoms with van der Waals surface area (Å²) in [4.78, 5) is 0. The van der Waals surface area contributed by atoms with E-state index in [1.807, 2.05) is 30.3 Å². The van der Waals surface area contributed by atoms with Crippen LogP contribution in [0.2, 0.25) is 4.31 Å². The molecule has 24 heavy (non-hydrogen) atoms. The molecule has 0 heterocycles. The molecule has 2 bridgehead atoms. The van der Waals surface area contributed by atoms with E-state index in [1.54, 1.807) is 0 Å². The van der Waals surface area contributed by atoms with Crippen molar-refractivity contribution in [1.82, 2.24) is 0 Å². The van der Waals surface area contributed by atoms with E-state index in [0.29, 0.717) is 0 Å². The Bertz CT molecular complexity index is 754. The van der Waals surface area contributed by atoms with E-state index in [-0.39, 0.29) is 31.1 Å². The van der Waals surface area contributed by atoms with Crippen LogP contribution in [0.15, 0.2) is 97.1 Å². The first-order chi connectivity index (χ1) is 11.8. The van der Waals surface area contributed by atoms with Gasteiger partial charge in [0.1, 0.15) is 0 Å². The molecule has 0 saturated carbocycles. The van der Waals surface area contributed by atoms with E-state index in [9.17, 15) is 5.11 Å². The molecule has 4 rings (SSSR count). The zero-order valence-electron chi connectivity index (χ0n) is 13.3. The molecule has 0 fully saturated rings. The van der Waals surface area contributed by atoms with Gasteiger partial charge in [-0.05, 0) is 0 Å². The molecule has 0 saturated heterocycles. The third kappa shape index (κ3) is 2.61. The fourth-order valence-corrected chi connectivity index (χ4v) is 6.93. The van der Waals surface area contributed by atoms with Gasteiger partial charge in [0.25, 0.3) is 0 Å². The van der Waals surface area contributed by atoms with Gasteiger partial charge in [-0.1, -0.05) is 0 Å². The molecule has 0 spiro atoms. The minimum absolute atomic E-state index is 0.140. The molecule has 0 amide bonds. The van der Waals surface area contributed by atoms with E-state index in [2.05, 4.69) is 66.8 Å². The predicted octanol–water partition coefficient (Wildman–Crippen LogP) is 3.84. The van der Waals surface area contributed by atoms with Gasteiger partial charge in [-0.2, -0.15) is 0 Å². The van der Waals surface area contributed by atoms with Crippen molar-refractivity contribution >= 4 is 19.4 Å². The predicted molar refractivity (Wildman–Crippen MR) is 100 cm³/mol. The summed E-state index contributed by atoms with van der Waals surface area (Å²) < 4.78 is 1.13. The Labute approximate surface area is 149 Å². The molecular weight excluding hydrogens is 359 g/mol. The van der Waals surface area contributed by atoms with Crippen LogP contribution in [-0.4, -0.2) is 20.1 Å². The number of benzene rings is 2. The third-order valence-corrected chi connectivity index (χ3v) is 8.31. The van der Waals surface area contributed by atoms with Gasteiger partial charge in [0.2, 0.25) is 0 Å². The van der Waals surface area contributed by atoms with E-state index in [0.717, 1.165) is 5.56 Å². The SMILES string of the molecule is OC(c1ccccc1)C1([Se]c2ccccc2)C2C=CC=CC1C=C2. The summed E-state index contributed by atoms with van der Waals surface area (Å²) in [5, 5.41) is 11.5. The molecule has 0 aliphatic heterocycles. The van der Waals surface area contributed by atoms with E-state index in [1.165, 1.54) is 4.46 Å². The van der Waals surface area contributed by atoms with Crippen molar-refractivity contribution in [2.24, 2.45) is 11.8 Å². The zero-order chi connectivity index (χ0) is 16.4. The normalized spacial score (nSPS) is 28.7. The van der Waals surface area contributed by atoms with Crippen LogP contribution in [-0.2, 0) is 0 Å². The number of hydrogen-bond donors (Lipinski definition) is 1. The van der Waals surface area contributed by atoms with Crippen LogP contribution in [0.3, 0.4) is 0 Å². The van der Waals surface area contributed by atoms with Gasteiger partial charge in [0.05, 0.1) is 0 Å². The molecule has 2 aliphatic carbocycles. The first kappa shape index (κ1) is 15.7. The van der Waals surface area contributed by atoms with Crippen LogP contribution in [0.1, 0.15) is 11.7 Å². The summed E-state index contributed by atoms with van der Waals surface area (Å²) in [5.74, 6) is 0.515. The van der Waals surface area contributed by atoms with E-state index >= 15 is 0 Å². The Morgan fingerprint density at radius 1 is 0.750 bits per heavy atom. The number of aliphatic hydroxyl groups is 1. The van der Waals surface area contributed by atoms with Gasteiger partial charge in [0.15, 0.2) is 0 Å². The van der Waals surface area contributed by atoms with Crippen LogP contribution >= 0.6 is 0 Å². The first-order valence-corrected chi connectivity index (χ1v) is 10.0. The van der Waals surface area contributed by atoms with Crippen molar-refractivity contribution in [3.05, 3.63) is 103 Å². The monoisotopic (exact) mass is 380 g/mol. The standard InChI is InChI=1S/C22H20OSe/c23-21(17-9-3-1-4-10-17)22(24-20-13-5-2-6-14-20)18-11-7-8-12-19(22)16-15-18/h1-16,18-19,21,23H. The first-order valence-electron chi connectivity index (χ1n) is 8.31. The minimum atomic E-state index is -0.490. The number of fused-ring (bicyclic) bond motifs is 2. The van der Waals surface area contributed by atoms with E-state index < -0.39 is 6.10 Å². The number of rotatable bonds is 4. The van der Waals surface area contributed by atoms with Crippen LogP contribution in [0.5, 0.6) is 0 Å². The van der Waals surface area contributed by atoms with Crippen LogP contribution in [0.25, 0.3) is 0 Å². The summed E-state index contributed by atoms with van der Waals surface area (Å²) >= 11 is 0.140. The molecule has 2 heteroatoms. The van der Waals surface area contributed by atoms with Crippen LogP contribution in [0.4, 0.5) is 0 Å². The molecule has 2 aromatic rings. The molecule has 2 aromatic carbocycles. The second-order valence-corrected chi connectivity index (χ2v) is 9.19. The van der Waals surface area contributed by atoms with Gasteiger partial charge < -0.3 is 0 Å². The summed E-state index contributed by atoms with van der Waals surface area (Å²) in [5.41, 5.74) is 1.01. The van der Waals surface area contributed by atoms with Crippen molar-refractivity contribution in [3.8, 4) is 0 Å². The molecule has 0 radical (unpaired) electrons. The van der Waals surface area contributed by atoms with Crippen molar-refractivity contribution in [3.63, 3.8) is 0 Å². The third-order valence-electron chi connectivity index (χ3n) is 4.90. The molecule has 120 valence electrons. The fraction of sp³-hybridized carbons (Fsp3) is 0.182. The Morgan fingerprint density at radius 2 is 1.29 bits per heavy atom. The average Bonchev–Trinajstić information content (AvgIpc) is 2.85. The summed E-state index contributed by atoms with van der Waals surface area (Å²) in [6.45, 7) is 0. The van der Waals surface area contributed by atoms with Crippen molar-refractivity contribution in [1.29, 1.82) is 0 Å². The second kappa shape index (κ2) is 6.56. The molecule has 3 unspecified atom stereocenters. The van der Waals surface area contributed by atoms with Crippen molar-refractivity contribution in [2.45, 2.75) is 10.4 Å². The molecule has 1 N–H and O–H groups in total. The Morgan fingerprint density at radius 3 is 1.88 bits per heavy atom. The molecule has 3 atom stereocenters. The fourth-order valence-electron chi connectivity index (χ4n) is 3.70. The zero-order valence-corrected chi connectivity index (χ0v) is 15.0. The Hall–Kier alpha value is -1.86. The Kier molecular flexibility index (Phi) is 4.28. The summed E-state index contributed by atoms with van der Waals surface area (Å²) in [7, 11) is 0. The second-order valence-electron chi connectivity index (χ2n) is 6.29. The van der Waals surface area contributed by atoms with Gasteiger partial charge in [-0.25, -0.2) is 0 Å². The Balaban J connectivity index is 1.81. The molecule has 2 aliphatic rings. The molecule has 0 aromatic heterocycles. The van der Waals surface area contributed by atoms with Crippen LogP contribution in [0, 0.1) is 11.8 Å². The topological polar surface area (TPSA) is 20.2 Å².